The maximum Gasteiger partial charge on any atom is 0.153 e. The molecule has 0 N–H and O–H groups in total. The summed E-state index contributed by atoms with van der Waals surface area (Å²) in [4.78, 5) is 18.4. The number of para-hydroxylation sites is 1. The van der Waals surface area contributed by atoms with Gasteiger partial charge in [0.1, 0.15) is 11.3 Å². The molecule has 0 amide bonds. The highest BCUT2D eigenvalue weighted by atomic mass is 16.5. The van der Waals surface area contributed by atoms with Crippen molar-refractivity contribution in [2.45, 2.75) is 26.1 Å². The number of hydrogen-bond acceptors (Lipinski definition) is 5. The smallest absolute Gasteiger partial charge is 0.153 e. The molecule has 3 aromatic rings. The maximum absolute atomic E-state index is 11.7. The van der Waals surface area contributed by atoms with Gasteiger partial charge in [-0.1, -0.05) is 18.2 Å². The van der Waals surface area contributed by atoms with E-state index in [0.717, 1.165) is 36.0 Å². The Balaban J connectivity index is 1.71. The highest BCUT2D eigenvalue weighted by molar-refractivity contribution is 5.87. The largest absolute Gasteiger partial charge is 0.454 e. The molecule has 3 heterocycles. The number of aromatic nitrogens is 1. The second-order valence-corrected chi connectivity index (χ2v) is 6.56. The monoisotopic (exact) mass is 336 g/mol. The second-order valence-electron chi connectivity index (χ2n) is 6.56. The highest BCUT2D eigenvalue weighted by Gasteiger charge is 2.24. The van der Waals surface area contributed by atoms with Crippen molar-refractivity contribution in [2.75, 3.05) is 18.0 Å². The van der Waals surface area contributed by atoms with Crippen LogP contribution in [0.5, 0.6) is 0 Å². The third-order valence-corrected chi connectivity index (χ3v) is 4.48. The maximum atomic E-state index is 11.7. The molecule has 128 valence electrons. The van der Waals surface area contributed by atoms with Crippen molar-refractivity contribution < 1.29 is 13.9 Å². The van der Waals surface area contributed by atoms with E-state index in [1.807, 2.05) is 44.2 Å². The molecule has 1 fully saturated rings. The Labute approximate surface area is 146 Å². The summed E-state index contributed by atoms with van der Waals surface area (Å²) in [5.74, 6) is 0.666. The summed E-state index contributed by atoms with van der Waals surface area (Å²) in [5.41, 5.74) is 2.94. The molecule has 5 heteroatoms. The molecule has 0 unspecified atom stereocenters. The van der Waals surface area contributed by atoms with E-state index in [1.165, 1.54) is 0 Å². The van der Waals surface area contributed by atoms with Gasteiger partial charge in [-0.15, -0.1) is 0 Å². The van der Waals surface area contributed by atoms with Crippen LogP contribution < -0.4 is 4.90 Å². The minimum absolute atomic E-state index is 0.123. The number of rotatable bonds is 3. The minimum Gasteiger partial charge on any atom is -0.454 e. The normalized spacial score (nSPS) is 20.8. The van der Waals surface area contributed by atoms with Gasteiger partial charge < -0.3 is 14.1 Å². The van der Waals surface area contributed by atoms with E-state index in [1.54, 1.807) is 12.3 Å². The Hall–Kier alpha value is -2.66. The molecule has 1 aromatic carbocycles. The third kappa shape index (κ3) is 3.03. The van der Waals surface area contributed by atoms with Gasteiger partial charge in [-0.25, -0.2) is 0 Å². The molecule has 0 radical (unpaired) electrons. The van der Waals surface area contributed by atoms with Gasteiger partial charge in [0.15, 0.2) is 12.0 Å². The number of carbonyl (C=O) groups is 1. The fourth-order valence-electron chi connectivity index (χ4n) is 3.44. The summed E-state index contributed by atoms with van der Waals surface area (Å²) in [6.07, 6.45) is 2.89. The van der Waals surface area contributed by atoms with E-state index >= 15 is 0 Å². The van der Waals surface area contributed by atoms with Crippen LogP contribution in [0.15, 0.2) is 47.0 Å². The molecule has 25 heavy (non-hydrogen) atoms. The molecule has 1 aliphatic rings. The molecular weight excluding hydrogens is 316 g/mol. The number of carbonyl (C=O) groups excluding carboxylic acids is 1. The molecule has 2 aromatic heterocycles. The number of morpholine rings is 1. The number of ether oxygens (including phenoxy) is 1. The quantitative estimate of drug-likeness (QED) is 0.679. The Morgan fingerprint density at radius 1 is 1.16 bits per heavy atom. The highest BCUT2D eigenvalue weighted by Crippen LogP contribution is 2.30. The van der Waals surface area contributed by atoms with Crippen LogP contribution in [-0.2, 0) is 4.74 Å². The van der Waals surface area contributed by atoms with Crippen LogP contribution in [0.2, 0.25) is 0 Å². The molecule has 1 saturated heterocycles. The molecule has 2 atom stereocenters. The van der Waals surface area contributed by atoms with Crippen molar-refractivity contribution in [3.05, 3.63) is 48.2 Å². The number of anilines is 1. The van der Waals surface area contributed by atoms with Gasteiger partial charge in [0.2, 0.25) is 0 Å². The lowest BCUT2D eigenvalue weighted by Gasteiger charge is -2.37. The van der Waals surface area contributed by atoms with Crippen molar-refractivity contribution in [2.24, 2.45) is 0 Å². The van der Waals surface area contributed by atoms with Crippen molar-refractivity contribution in [1.29, 1.82) is 0 Å². The standard InChI is InChI=1S/C20H20N2O3/c1-13-10-22(11-14(2)24-13)18-9-21-17(7-16(18)12-23)20-8-15-5-3-4-6-19(15)25-20/h3-9,12-14H,10-11H2,1-2H3/t13-,14+. The predicted molar refractivity (Wildman–Crippen MR) is 97.1 cm³/mol. The fraction of sp³-hybridized carbons (Fsp3) is 0.300. The first-order valence-electron chi connectivity index (χ1n) is 8.48. The summed E-state index contributed by atoms with van der Waals surface area (Å²) in [6, 6.07) is 11.6. The number of fused-ring (bicyclic) bond motifs is 1. The minimum atomic E-state index is 0.123. The summed E-state index contributed by atoms with van der Waals surface area (Å²) >= 11 is 0. The van der Waals surface area contributed by atoms with Gasteiger partial charge >= 0.3 is 0 Å². The van der Waals surface area contributed by atoms with Crippen LogP contribution in [0.25, 0.3) is 22.4 Å². The van der Waals surface area contributed by atoms with E-state index < -0.39 is 0 Å². The summed E-state index contributed by atoms with van der Waals surface area (Å²) in [5, 5.41) is 1.02. The zero-order chi connectivity index (χ0) is 17.4. The molecular formula is C20H20N2O3. The predicted octanol–water partition coefficient (Wildman–Crippen LogP) is 3.92. The van der Waals surface area contributed by atoms with Crippen LogP contribution in [0, 0.1) is 0 Å². The van der Waals surface area contributed by atoms with Crippen LogP contribution in [0.3, 0.4) is 0 Å². The van der Waals surface area contributed by atoms with Crippen molar-refractivity contribution in [3.8, 4) is 11.5 Å². The summed E-state index contributed by atoms with van der Waals surface area (Å²) in [7, 11) is 0. The van der Waals surface area contributed by atoms with Crippen LogP contribution in [-0.4, -0.2) is 36.6 Å². The Bertz CT molecular complexity index is 875. The van der Waals surface area contributed by atoms with Gasteiger partial charge in [-0.05, 0) is 32.0 Å². The zero-order valence-corrected chi connectivity index (χ0v) is 14.3. The Morgan fingerprint density at radius 2 is 1.92 bits per heavy atom. The van der Waals surface area contributed by atoms with Crippen molar-refractivity contribution in [3.63, 3.8) is 0 Å². The van der Waals surface area contributed by atoms with E-state index in [-0.39, 0.29) is 12.2 Å². The lowest BCUT2D eigenvalue weighted by Crippen LogP contribution is -2.45. The first kappa shape index (κ1) is 15.8. The summed E-state index contributed by atoms with van der Waals surface area (Å²) in [6.45, 7) is 5.58. The van der Waals surface area contributed by atoms with Crippen LogP contribution in [0.4, 0.5) is 5.69 Å². The fourth-order valence-corrected chi connectivity index (χ4v) is 3.44. The lowest BCUT2D eigenvalue weighted by atomic mass is 10.1. The average molecular weight is 336 g/mol. The molecule has 1 aliphatic heterocycles. The average Bonchev–Trinajstić information content (AvgIpc) is 3.04. The van der Waals surface area contributed by atoms with Crippen molar-refractivity contribution in [1.82, 2.24) is 4.98 Å². The first-order valence-corrected chi connectivity index (χ1v) is 8.48. The molecule has 0 spiro atoms. The van der Waals surface area contributed by atoms with Gasteiger partial charge in [-0.3, -0.25) is 9.78 Å². The second kappa shape index (κ2) is 6.33. The Morgan fingerprint density at radius 3 is 2.64 bits per heavy atom. The van der Waals surface area contributed by atoms with E-state index in [9.17, 15) is 4.79 Å². The van der Waals surface area contributed by atoms with Crippen LogP contribution >= 0.6 is 0 Å². The topological polar surface area (TPSA) is 55.6 Å². The number of nitrogens with zero attached hydrogens (tertiary/aromatic N) is 2. The van der Waals surface area contributed by atoms with E-state index in [4.69, 9.17) is 9.15 Å². The number of pyridine rings is 1. The first-order chi connectivity index (χ1) is 12.1. The number of furan rings is 1. The number of hydrogen-bond donors (Lipinski definition) is 0. The van der Waals surface area contributed by atoms with Gasteiger partial charge in [0.25, 0.3) is 0 Å². The van der Waals surface area contributed by atoms with E-state index in [2.05, 4.69) is 9.88 Å². The zero-order valence-electron chi connectivity index (χ0n) is 14.3. The Kier molecular flexibility index (Phi) is 4.01. The number of aldehydes is 1. The molecule has 0 bridgehead atoms. The lowest BCUT2D eigenvalue weighted by molar-refractivity contribution is -0.00527. The summed E-state index contributed by atoms with van der Waals surface area (Å²) < 4.78 is 11.6. The molecule has 0 aliphatic carbocycles. The third-order valence-electron chi connectivity index (χ3n) is 4.48. The van der Waals surface area contributed by atoms with Crippen LogP contribution in [0.1, 0.15) is 24.2 Å². The molecule has 4 rings (SSSR count). The van der Waals surface area contributed by atoms with Gasteiger partial charge in [0.05, 0.1) is 24.1 Å². The SMILES string of the molecule is C[C@@H]1CN(c2cnc(-c3cc4ccccc4o3)cc2C=O)C[C@H](C)O1. The van der Waals surface area contributed by atoms with E-state index in [0.29, 0.717) is 17.0 Å². The van der Waals surface area contributed by atoms with Crippen molar-refractivity contribution >= 4 is 22.9 Å². The van der Waals surface area contributed by atoms with Gasteiger partial charge in [-0.2, -0.15) is 0 Å². The van der Waals surface area contributed by atoms with Gasteiger partial charge in [0, 0.05) is 24.0 Å². The molecule has 5 nitrogen and oxygen atoms in total. The molecule has 0 saturated carbocycles. The number of benzene rings is 1.